The molecule has 1 unspecified atom stereocenters. The summed E-state index contributed by atoms with van der Waals surface area (Å²) in [4.78, 5) is 8.93. The third-order valence-electron chi connectivity index (χ3n) is 2.83. The minimum absolute atomic E-state index is 0.398. The molecule has 0 bridgehead atoms. The van der Waals surface area contributed by atoms with Gasteiger partial charge in [-0.2, -0.15) is 11.8 Å². The van der Waals surface area contributed by atoms with E-state index in [4.69, 9.17) is 9.47 Å². The van der Waals surface area contributed by atoms with Gasteiger partial charge in [0.1, 0.15) is 5.82 Å². The molecule has 1 atom stereocenters. The smallest absolute Gasteiger partial charge is 0.200 e. The van der Waals surface area contributed by atoms with E-state index >= 15 is 0 Å². The van der Waals surface area contributed by atoms with Crippen molar-refractivity contribution >= 4 is 11.8 Å². The number of methoxy groups -OCH3 is 2. The van der Waals surface area contributed by atoms with E-state index < -0.39 is 6.29 Å². The largest absolute Gasteiger partial charge is 0.350 e. The first kappa shape index (κ1) is 12.8. The lowest BCUT2D eigenvalue weighted by Crippen LogP contribution is -2.11. The molecule has 0 amide bonds. The summed E-state index contributed by atoms with van der Waals surface area (Å²) >= 11 is 1.95. The van der Waals surface area contributed by atoms with Crippen LogP contribution in [-0.4, -0.2) is 29.9 Å². The van der Waals surface area contributed by atoms with Crippen LogP contribution in [0.1, 0.15) is 42.3 Å². The normalized spacial score (nSPS) is 20.8. The van der Waals surface area contributed by atoms with Crippen LogP contribution in [-0.2, 0) is 9.47 Å². The van der Waals surface area contributed by atoms with Crippen LogP contribution in [0.4, 0.5) is 0 Å². The Kier molecular flexibility index (Phi) is 4.76. The van der Waals surface area contributed by atoms with Crippen molar-refractivity contribution in [3.05, 3.63) is 23.8 Å². The zero-order valence-electron chi connectivity index (χ0n) is 10.3. The van der Waals surface area contributed by atoms with Crippen molar-refractivity contribution in [2.24, 2.45) is 0 Å². The molecule has 17 heavy (non-hydrogen) atoms. The Morgan fingerprint density at radius 3 is 2.82 bits per heavy atom. The van der Waals surface area contributed by atoms with Crippen LogP contribution in [0.5, 0.6) is 0 Å². The maximum absolute atomic E-state index is 5.21. The molecular weight excluding hydrogens is 236 g/mol. The van der Waals surface area contributed by atoms with Gasteiger partial charge < -0.3 is 9.47 Å². The van der Waals surface area contributed by atoms with Crippen LogP contribution >= 0.6 is 11.8 Å². The lowest BCUT2D eigenvalue weighted by atomic mass is 10.2. The van der Waals surface area contributed by atoms with E-state index in [-0.39, 0.29) is 0 Å². The summed E-state index contributed by atoms with van der Waals surface area (Å²) < 4.78 is 10.4. The highest BCUT2D eigenvalue weighted by molar-refractivity contribution is 7.99. The standard InChI is InChI=1S/C12H18N2O2S/c1-15-12(16-2)9-6-7-13-11(14-9)10-5-3-4-8-17-10/h6-7,10,12H,3-5,8H2,1-2H3. The fraction of sp³-hybridized carbons (Fsp3) is 0.667. The topological polar surface area (TPSA) is 44.2 Å². The van der Waals surface area contributed by atoms with Crippen molar-refractivity contribution < 1.29 is 9.47 Å². The lowest BCUT2D eigenvalue weighted by Gasteiger charge is -2.21. The molecule has 4 nitrogen and oxygen atoms in total. The molecule has 94 valence electrons. The molecular formula is C12H18N2O2S. The molecule has 0 spiro atoms. The molecule has 1 aliphatic rings. The van der Waals surface area contributed by atoms with Crippen molar-refractivity contribution in [3.8, 4) is 0 Å². The van der Waals surface area contributed by atoms with Gasteiger partial charge in [0.15, 0.2) is 0 Å². The van der Waals surface area contributed by atoms with E-state index in [9.17, 15) is 0 Å². The van der Waals surface area contributed by atoms with Gasteiger partial charge in [0, 0.05) is 20.4 Å². The van der Waals surface area contributed by atoms with Gasteiger partial charge in [0.25, 0.3) is 0 Å². The first-order valence-corrected chi connectivity index (χ1v) is 6.90. The van der Waals surface area contributed by atoms with Gasteiger partial charge >= 0.3 is 0 Å². The second-order valence-electron chi connectivity index (χ2n) is 4.00. The van der Waals surface area contributed by atoms with Crippen molar-refractivity contribution in [1.82, 2.24) is 9.97 Å². The van der Waals surface area contributed by atoms with Crippen LogP contribution in [0.25, 0.3) is 0 Å². The second kappa shape index (κ2) is 6.33. The number of nitrogens with zero attached hydrogens (tertiary/aromatic N) is 2. The van der Waals surface area contributed by atoms with Crippen LogP contribution in [0.3, 0.4) is 0 Å². The van der Waals surface area contributed by atoms with Gasteiger partial charge in [-0.3, -0.25) is 0 Å². The molecule has 1 aromatic rings. The molecule has 1 fully saturated rings. The molecule has 0 saturated carbocycles. The van der Waals surface area contributed by atoms with Gasteiger partial charge in [0.2, 0.25) is 6.29 Å². The average Bonchev–Trinajstić information content (AvgIpc) is 2.42. The van der Waals surface area contributed by atoms with Crippen molar-refractivity contribution in [1.29, 1.82) is 0 Å². The Balaban J connectivity index is 2.15. The molecule has 5 heteroatoms. The monoisotopic (exact) mass is 254 g/mol. The Bertz CT molecular complexity index is 352. The van der Waals surface area contributed by atoms with Crippen molar-refractivity contribution in [2.75, 3.05) is 20.0 Å². The van der Waals surface area contributed by atoms with Crippen LogP contribution in [0.2, 0.25) is 0 Å². The molecule has 1 aromatic heterocycles. The average molecular weight is 254 g/mol. The highest BCUT2D eigenvalue weighted by Crippen LogP contribution is 2.36. The predicted octanol–water partition coefficient (Wildman–Crippen LogP) is 2.73. The third-order valence-corrected chi connectivity index (χ3v) is 4.21. The van der Waals surface area contributed by atoms with E-state index in [1.807, 2.05) is 17.8 Å². The van der Waals surface area contributed by atoms with Crippen molar-refractivity contribution in [2.45, 2.75) is 30.8 Å². The first-order valence-electron chi connectivity index (χ1n) is 5.85. The summed E-state index contributed by atoms with van der Waals surface area (Å²) in [6.45, 7) is 0. The zero-order valence-corrected chi connectivity index (χ0v) is 11.1. The maximum atomic E-state index is 5.21. The minimum atomic E-state index is -0.398. The Morgan fingerprint density at radius 1 is 1.35 bits per heavy atom. The molecule has 2 rings (SSSR count). The molecule has 2 heterocycles. The van der Waals surface area contributed by atoms with Gasteiger partial charge in [-0.15, -0.1) is 0 Å². The number of aromatic nitrogens is 2. The van der Waals surface area contributed by atoms with Gasteiger partial charge in [0.05, 0.1) is 10.9 Å². The number of thioether (sulfide) groups is 1. The summed E-state index contributed by atoms with van der Waals surface area (Å²) in [5, 5.41) is 0.429. The van der Waals surface area contributed by atoms with Crippen LogP contribution in [0, 0.1) is 0 Å². The van der Waals surface area contributed by atoms with E-state index in [1.165, 1.54) is 25.0 Å². The summed E-state index contributed by atoms with van der Waals surface area (Å²) in [6.07, 6.45) is 5.13. The Labute approximate surface area is 106 Å². The molecule has 0 radical (unpaired) electrons. The van der Waals surface area contributed by atoms with Crippen molar-refractivity contribution in [3.63, 3.8) is 0 Å². The summed E-state index contributed by atoms with van der Waals surface area (Å²) in [6, 6.07) is 1.84. The third kappa shape index (κ3) is 3.18. The second-order valence-corrected chi connectivity index (χ2v) is 5.31. The minimum Gasteiger partial charge on any atom is -0.350 e. The number of hydrogen-bond acceptors (Lipinski definition) is 5. The molecule has 0 aliphatic carbocycles. The van der Waals surface area contributed by atoms with Gasteiger partial charge in [-0.05, 0) is 24.7 Å². The highest BCUT2D eigenvalue weighted by atomic mass is 32.2. The number of rotatable bonds is 4. The number of ether oxygens (including phenoxy) is 2. The predicted molar refractivity (Wildman–Crippen MR) is 67.8 cm³/mol. The van der Waals surface area contributed by atoms with E-state index in [1.54, 1.807) is 20.4 Å². The molecule has 1 aliphatic heterocycles. The first-order chi connectivity index (χ1) is 8.35. The fourth-order valence-electron chi connectivity index (χ4n) is 1.96. The quantitative estimate of drug-likeness (QED) is 0.773. The summed E-state index contributed by atoms with van der Waals surface area (Å²) in [5.74, 6) is 2.11. The summed E-state index contributed by atoms with van der Waals surface area (Å²) in [7, 11) is 3.23. The van der Waals surface area contributed by atoms with Gasteiger partial charge in [-0.25, -0.2) is 9.97 Å². The maximum Gasteiger partial charge on any atom is 0.200 e. The molecule has 1 saturated heterocycles. The summed E-state index contributed by atoms with van der Waals surface area (Å²) in [5.41, 5.74) is 0.797. The SMILES string of the molecule is COC(OC)c1ccnc(C2CCCCS2)n1. The number of hydrogen-bond donors (Lipinski definition) is 0. The van der Waals surface area contributed by atoms with E-state index in [2.05, 4.69) is 9.97 Å². The fourth-order valence-corrected chi connectivity index (χ4v) is 3.21. The van der Waals surface area contributed by atoms with E-state index in [0.29, 0.717) is 5.25 Å². The van der Waals surface area contributed by atoms with Crippen LogP contribution in [0.15, 0.2) is 12.3 Å². The van der Waals surface area contributed by atoms with E-state index in [0.717, 1.165) is 11.5 Å². The Morgan fingerprint density at radius 2 is 2.18 bits per heavy atom. The zero-order chi connectivity index (χ0) is 12.1. The van der Waals surface area contributed by atoms with Gasteiger partial charge in [-0.1, -0.05) is 6.42 Å². The van der Waals surface area contributed by atoms with Crippen LogP contribution < -0.4 is 0 Å². The lowest BCUT2D eigenvalue weighted by molar-refractivity contribution is -0.108. The Hall–Kier alpha value is -0.650. The molecule has 0 aromatic carbocycles. The molecule has 0 N–H and O–H groups in total. The highest BCUT2D eigenvalue weighted by Gasteiger charge is 2.20.